The zero-order valence-electron chi connectivity index (χ0n) is 11.7. The number of nitrogens with one attached hydrogen (secondary N) is 2. The molecule has 0 aliphatic heterocycles. The molecular weight excluding hydrogens is 284 g/mol. The van der Waals surface area contributed by atoms with Crippen LogP contribution in [0.1, 0.15) is 27.5 Å². The molecule has 0 aliphatic carbocycles. The maximum Gasteiger partial charge on any atom is 0.335 e. The van der Waals surface area contributed by atoms with Crippen molar-refractivity contribution in [3.05, 3.63) is 71.3 Å². The van der Waals surface area contributed by atoms with Crippen LogP contribution in [0.15, 0.2) is 54.6 Å². The van der Waals surface area contributed by atoms with E-state index in [9.17, 15) is 9.59 Å². The number of aromatic carboxylic acids is 1. The predicted octanol–water partition coefficient (Wildman–Crippen LogP) is 1.72. The number of benzene rings is 2. The molecule has 114 valence electrons. The van der Waals surface area contributed by atoms with Crippen molar-refractivity contribution in [3.63, 3.8) is 0 Å². The second-order valence-electron chi connectivity index (χ2n) is 4.71. The zero-order valence-corrected chi connectivity index (χ0v) is 11.7. The molecule has 0 radical (unpaired) electrons. The third kappa shape index (κ3) is 3.91. The Morgan fingerprint density at radius 3 is 2.41 bits per heavy atom. The molecule has 0 fully saturated rings. The molecule has 4 N–H and O–H groups in total. The second-order valence-corrected chi connectivity index (χ2v) is 4.71. The van der Waals surface area contributed by atoms with Crippen LogP contribution in [-0.2, 0) is 11.3 Å². The molecule has 6 heteroatoms. The van der Waals surface area contributed by atoms with Crippen molar-refractivity contribution in [1.82, 2.24) is 10.8 Å². The number of rotatable bonds is 6. The Bertz CT molecular complexity index is 658. The summed E-state index contributed by atoms with van der Waals surface area (Å²) in [5.74, 6) is -1.59. The summed E-state index contributed by atoms with van der Waals surface area (Å²) in [6.45, 7) is 0.286. The number of carboxylic acids is 1. The summed E-state index contributed by atoms with van der Waals surface area (Å²) in [5, 5.41) is 20.8. The monoisotopic (exact) mass is 300 g/mol. The summed E-state index contributed by atoms with van der Waals surface area (Å²) in [7, 11) is 0. The van der Waals surface area contributed by atoms with E-state index in [1.807, 2.05) is 6.07 Å². The van der Waals surface area contributed by atoms with Gasteiger partial charge in [-0.3, -0.25) is 15.3 Å². The number of hydrogen-bond donors (Lipinski definition) is 4. The van der Waals surface area contributed by atoms with Crippen molar-refractivity contribution in [2.24, 2.45) is 0 Å². The van der Waals surface area contributed by atoms with Gasteiger partial charge in [-0.1, -0.05) is 42.5 Å². The van der Waals surface area contributed by atoms with Gasteiger partial charge in [-0.15, -0.1) is 0 Å². The van der Waals surface area contributed by atoms with Gasteiger partial charge in [0.25, 0.3) is 5.91 Å². The molecule has 2 rings (SSSR count). The summed E-state index contributed by atoms with van der Waals surface area (Å²) in [5.41, 5.74) is 3.24. The summed E-state index contributed by atoms with van der Waals surface area (Å²) in [6.07, 6.45) is 0. The Balaban J connectivity index is 2.13. The molecule has 2 aromatic rings. The Morgan fingerprint density at radius 1 is 1.05 bits per heavy atom. The van der Waals surface area contributed by atoms with Gasteiger partial charge >= 0.3 is 5.97 Å². The van der Waals surface area contributed by atoms with Crippen LogP contribution in [0.2, 0.25) is 0 Å². The standard InChI is InChI=1S/C16H16N2O4/c19-15(18-22)14(12-6-2-1-3-7-12)17-10-11-5-4-8-13(9-11)16(20)21/h1-9,14,17,22H,10H2,(H,18,19)(H,20,21)/t14-/m0/s1. The molecule has 0 spiro atoms. The molecule has 6 nitrogen and oxygen atoms in total. The van der Waals surface area contributed by atoms with E-state index in [0.717, 1.165) is 5.56 Å². The molecule has 0 heterocycles. The number of hydroxylamine groups is 1. The van der Waals surface area contributed by atoms with Crippen LogP contribution in [0.25, 0.3) is 0 Å². The lowest BCUT2D eigenvalue weighted by atomic mass is 10.1. The van der Waals surface area contributed by atoms with Crippen molar-refractivity contribution in [1.29, 1.82) is 0 Å². The minimum atomic E-state index is -1.01. The third-order valence-corrected chi connectivity index (χ3v) is 3.19. The lowest BCUT2D eigenvalue weighted by Crippen LogP contribution is -2.35. The molecular formula is C16H16N2O4. The highest BCUT2D eigenvalue weighted by atomic mass is 16.5. The fourth-order valence-corrected chi connectivity index (χ4v) is 2.11. The Morgan fingerprint density at radius 2 is 1.77 bits per heavy atom. The first-order valence-electron chi connectivity index (χ1n) is 6.66. The number of carbonyl (C=O) groups excluding carboxylic acids is 1. The number of hydrogen-bond acceptors (Lipinski definition) is 4. The molecule has 0 aromatic heterocycles. The van der Waals surface area contributed by atoms with Crippen molar-refractivity contribution in [3.8, 4) is 0 Å². The Labute approximate surface area is 127 Å². The molecule has 0 bridgehead atoms. The van der Waals surface area contributed by atoms with Crippen LogP contribution < -0.4 is 10.8 Å². The summed E-state index contributed by atoms with van der Waals surface area (Å²) in [6, 6.07) is 14.6. The predicted molar refractivity (Wildman–Crippen MR) is 79.4 cm³/mol. The Hall–Kier alpha value is -2.70. The number of carbonyl (C=O) groups is 2. The summed E-state index contributed by atoms with van der Waals surface area (Å²) >= 11 is 0. The van der Waals surface area contributed by atoms with Gasteiger partial charge < -0.3 is 5.11 Å². The molecule has 2 aromatic carbocycles. The van der Waals surface area contributed by atoms with Crippen LogP contribution in [-0.4, -0.2) is 22.2 Å². The Kier molecular flexibility index (Phi) is 5.24. The molecule has 1 atom stereocenters. The first kappa shape index (κ1) is 15.7. The molecule has 1 amide bonds. The second kappa shape index (κ2) is 7.35. The normalized spacial score (nSPS) is 11.7. The minimum absolute atomic E-state index is 0.183. The quantitative estimate of drug-likeness (QED) is 0.481. The highest BCUT2D eigenvalue weighted by Crippen LogP contribution is 2.14. The van der Waals surface area contributed by atoms with E-state index < -0.39 is 17.9 Å². The molecule has 0 aliphatic rings. The average molecular weight is 300 g/mol. The largest absolute Gasteiger partial charge is 0.478 e. The number of amides is 1. The number of carboxylic acid groups (broad SMARTS) is 1. The molecule has 0 saturated carbocycles. The van der Waals surface area contributed by atoms with Gasteiger partial charge in [0.15, 0.2) is 0 Å². The van der Waals surface area contributed by atoms with E-state index in [-0.39, 0.29) is 12.1 Å². The maximum atomic E-state index is 11.8. The zero-order chi connectivity index (χ0) is 15.9. The fraction of sp³-hybridized carbons (Fsp3) is 0.125. The van der Waals surface area contributed by atoms with Gasteiger partial charge in [-0.2, -0.15) is 0 Å². The molecule has 22 heavy (non-hydrogen) atoms. The van der Waals surface area contributed by atoms with E-state index in [1.54, 1.807) is 41.9 Å². The lowest BCUT2D eigenvalue weighted by molar-refractivity contribution is -0.131. The van der Waals surface area contributed by atoms with E-state index in [1.165, 1.54) is 12.1 Å². The molecule has 0 unspecified atom stereocenters. The van der Waals surface area contributed by atoms with Crippen LogP contribution in [0.5, 0.6) is 0 Å². The smallest absolute Gasteiger partial charge is 0.335 e. The first-order chi connectivity index (χ1) is 10.6. The lowest BCUT2D eigenvalue weighted by Gasteiger charge is -2.17. The molecule has 0 saturated heterocycles. The summed E-state index contributed by atoms with van der Waals surface area (Å²) < 4.78 is 0. The van der Waals surface area contributed by atoms with Crippen molar-refractivity contribution in [2.75, 3.05) is 0 Å². The third-order valence-electron chi connectivity index (χ3n) is 3.19. The fourth-order valence-electron chi connectivity index (χ4n) is 2.11. The van der Waals surface area contributed by atoms with E-state index >= 15 is 0 Å². The SMILES string of the molecule is O=C(O)c1cccc(CN[C@H](C(=O)NO)c2ccccc2)c1. The first-order valence-corrected chi connectivity index (χ1v) is 6.66. The van der Waals surface area contributed by atoms with Crippen LogP contribution in [0, 0.1) is 0 Å². The highest BCUT2D eigenvalue weighted by molar-refractivity contribution is 5.87. The summed E-state index contributed by atoms with van der Waals surface area (Å²) in [4.78, 5) is 22.7. The van der Waals surface area contributed by atoms with Crippen LogP contribution in [0.4, 0.5) is 0 Å². The van der Waals surface area contributed by atoms with Crippen molar-refractivity contribution < 1.29 is 19.9 Å². The van der Waals surface area contributed by atoms with Crippen LogP contribution in [0.3, 0.4) is 0 Å². The topological polar surface area (TPSA) is 98.7 Å². The van der Waals surface area contributed by atoms with Crippen molar-refractivity contribution in [2.45, 2.75) is 12.6 Å². The van der Waals surface area contributed by atoms with Gasteiger partial charge in [-0.25, -0.2) is 10.3 Å². The van der Waals surface area contributed by atoms with Crippen molar-refractivity contribution >= 4 is 11.9 Å². The van der Waals surface area contributed by atoms with Crippen LogP contribution >= 0.6 is 0 Å². The van der Waals surface area contributed by atoms with Gasteiger partial charge in [0.1, 0.15) is 6.04 Å². The highest BCUT2D eigenvalue weighted by Gasteiger charge is 2.19. The minimum Gasteiger partial charge on any atom is -0.478 e. The van der Waals surface area contributed by atoms with E-state index in [0.29, 0.717) is 5.56 Å². The van der Waals surface area contributed by atoms with Gasteiger partial charge in [0, 0.05) is 6.54 Å². The van der Waals surface area contributed by atoms with Gasteiger partial charge in [-0.05, 0) is 23.3 Å². The maximum absolute atomic E-state index is 11.8. The van der Waals surface area contributed by atoms with Gasteiger partial charge in [0.2, 0.25) is 0 Å². The van der Waals surface area contributed by atoms with E-state index in [2.05, 4.69) is 5.32 Å². The average Bonchev–Trinajstić information content (AvgIpc) is 2.56. The van der Waals surface area contributed by atoms with Gasteiger partial charge in [0.05, 0.1) is 5.56 Å². The van der Waals surface area contributed by atoms with E-state index in [4.69, 9.17) is 10.3 Å².